The van der Waals surface area contributed by atoms with Crippen molar-refractivity contribution < 1.29 is 0 Å². The summed E-state index contributed by atoms with van der Waals surface area (Å²) in [5, 5.41) is 0.631. The van der Waals surface area contributed by atoms with Gasteiger partial charge in [-0.05, 0) is 58.7 Å². The predicted octanol–water partition coefficient (Wildman–Crippen LogP) is 4.18. The van der Waals surface area contributed by atoms with Crippen LogP contribution in [0.1, 0.15) is 37.1 Å². The van der Waals surface area contributed by atoms with Gasteiger partial charge in [0.2, 0.25) is 0 Å². The Labute approximate surface area is 104 Å². The van der Waals surface area contributed by atoms with Crippen LogP contribution in [-0.4, -0.2) is 4.98 Å². The number of nitrogens with zero attached hydrogens (tertiary/aromatic N) is 1. The summed E-state index contributed by atoms with van der Waals surface area (Å²) in [6, 6.07) is 0. The zero-order valence-corrected chi connectivity index (χ0v) is 11.5. The molecule has 1 aliphatic carbocycles. The lowest BCUT2D eigenvalue weighted by atomic mass is 9.98. The van der Waals surface area contributed by atoms with Crippen molar-refractivity contribution >= 4 is 27.5 Å². The van der Waals surface area contributed by atoms with E-state index in [1.54, 1.807) is 0 Å². The van der Waals surface area contributed by atoms with Crippen LogP contribution in [0.4, 0.5) is 0 Å². The molecule has 82 valence electrons. The maximum atomic E-state index is 6.12. The fraction of sp³-hybridized carbons (Fsp3) is 0.583. The fourth-order valence-corrected chi connectivity index (χ4v) is 2.93. The summed E-state index contributed by atoms with van der Waals surface area (Å²) in [6.45, 7) is 4.48. The summed E-state index contributed by atoms with van der Waals surface area (Å²) in [6.07, 6.45) is 4.57. The third-order valence-corrected chi connectivity index (χ3v) is 4.20. The zero-order valence-electron chi connectivity index (χ0n) is 9.11. The van der Waals surface area contributed by atoms with Crippen molar-refractivity contribution in [1.82, 2.24) is 4.98 Å². The maximum Gasteiger partial charge on any atom is 0.143 e. The van der Waals surface area contributed by atoms with Crippen molar-refractivity contribution in [3.05, 3.63) is 26.4 Å². The third kappa shape index (κ3) is 2.21. The van der Waals surface area contributed by atoms with E-state index in [0.29, 0.717) is 11.1 Å². The van der Waals surface area contributed by atoms with E-state index >= 15 is 0 Å². The van der Waals surface area contributed by atoms with Crippen LogP contribution in [0.15, 0.2) is 4.47 Å². The molecule has 0 unspecified atom stereocenters. The topological polar surface area (TPSA) is 12.9 Å². The number of halogens is 2. The number of aromatic nitrogens is 1. The van der Waals surface area contributed by atoms with Crippen molar-refractivity contribution in [3.63, 3.8) is 0 Å². The van der Waals surface area contributed by atoms with Crippen LogP contribution < -0.4 is 0 Å². The normalized spacial score (nSPS) is 14.7. The van der Waals surface area contributed by atoms with Crippen LogP contribution in [0.5, 0.6) is 0 Å². The van der Waals surface area contributed by atoms with Crippen molar-refractivity contribution in [3.8, 4) is 0 Å². The standard InChI is InChI=1S/C12H15BrClN/c1-7(2)6-9-8-4-3-5-10(8)15-12(14)11(9)13/h7H,3-6H2,1-2H3. The Balaban J connectivity index is 2.50. The molecular formula is C12H15BrClN. The highest BCUT2D eigenvalue weighted by Crippen LogP contribution is 2.35. The van der Waals surface area contributed by atoms with E-state index in [9.17, 15) is 0 Å². The van der Waals surface area contributed by atoms with Crippen LogP contribution in [0.2, 0.25) is 5.15 Å². The lowest BCUT2D eigenvalue weighted by Gasteiger charge is -2.13. The first-order valence-electron chi connectivity index (χ1n) is 5.45. The molecule has 1 aromatic heterocycles. The summed E-state index contributed by atoms with van der Waals surface area (Å²) in [7, 11) is 0. The molecule has 0 saturated carbocycles. The fourth-order valence-electron chi connectivity index (χ4n) is 2.22. The van der Waals surface area contributed by atoms with Crippen LogP contribution in [0.3, 0.4) is 0 Å². The van der Waals surface area contributed by atoms with Crippen LogP contribution in [-0.2, 0) is 19.3 Å². The Bertz CT molecular complexity index is 388. The molecule has 0 N–H and O–H groups in total. The summed E-state index contributed by atoms with van der Waals surface area (Å²) in [5.74, 6) is 0.657. The number of hydrogen-bond donors (Lipinski definition) is 0. The molecule has 2 rings (SSSR count). The van der Waals surface area contributed by atoms with E-state index in [1.165, 1.54) is 29.7 Å². The highest BCUT2D eigenvalue weighted by atomic mass is 79.9. The van der Waals surface area contributed by atoms with E-state index in [0.717, 1.165) is 17.3 Å². The molecule has 0 fully saturated rings. The second kappa shape index (κ2) is 4.42. The molecule has 1 heterocycles. The van der Waals surface area contributed by atoms with Crippen molar-refractivity contribution in [1.29, 1.82) is 0 Å². The molecular weight excluding hydrogens is 273 g/mol. The average Bonchev–Trinajstić information content (AvgIpc) is 2.59. The van der Waals surface area contributed by atoms with E-state index in [1.807, 2.05) is 0 Å². The van der Waals surface area contributed by atoms with Crippen LogP contribution >= 0.6 is 27.5 Å². The van der Waals surface area contributed by atoms with Gasteiger partial charge in [0.15, 0.2) is 0 Å². The second-order valence-corrected chi connectivity index (χ2v) is 5.72. The van der Waals surface area contributed by atoms with Crippen LogP contribution in [0, 0.1) is 5.92 Å². The highest BCUT2D eigenvalue weighted by Gasteiger charge is 2.21. The van der Waals surface area contributed by atoms with Gasteiger partial charge in [0.25, 0.3) is 0 Å². The Kier molecular flexibility index (Phi) is 3.36. The first-order chi connectivity index (χ1) is 7.09. The van der Waals surface area contributed by atoms with Gasteiger partial charge in [-0.15, -0.1) is 0 Å². The minimum absolute atomic E-state index is 0.631. The predicted molar refractivity (Wildman–Crippen MR) is 67.5 cm³/mol. The van der Waals surface area contributed by atoms with E-state index in [4.69, 9.17) is 11.6 Å². The second-order valence-electron chi connectivity index (χ2n) is 4.57. The SMILES string of the molecule is CC(C)Cc1c(Br)c(Cl)nc2c1CCC2. The molecule has 1 nitrogen and oxygen atoms in total. The zero-order chi connectivity index (χ0) is 11.0. The van der Waals surface area contributed by atoms with Gasteiger partial charge in [0.1, 0.15) is 5.15 Å². The largest absolute Gasteiger partial charge is 0.240 e. The van der Waals surface area contributed by atoms with Gasteiger partial charge in [-0.1, -0.05) is 25.4 Å². The first kappa shape index (κ1) is 11.4. The van der Waals surface area contributed by atoms with Gasteiger partial charge >= 0.3 is 0 Å². The van der Waals surface area contributed by atoms with Gasteiger partial charge < -0.3 is 0 Å². The molecule has 0 radical (unpaired) electrons. The van der Waals surface area contributed by atoms with E-state index in [-0.39, 0.29) is 0 Å². The Morgan fingerprint density at radius 2 is 2.13 bits per heavy atom. The first-order valence-corrected chi connectivity index (χ1v) is 6.62. The minimum Gasteiger partial charge on any atom is -0.240 e. The monoisotopic (exact) mass is 287 g/mol. The average molecular weight is 289 g/mol. The van der Waals surface area contributed by atoms with Crippen molar-refractivity contribution in [2.75, 3.05) is 0 Å². The number of pyridine rings is 1. The lowest BCUT2D eigenvalue weighted by Crippen LogP contribution is -2.03. The third-order valence-electron chi connectivity index (χ3n) is 2.84. The Morgan fingerprint density at radius 1 is 1.40 bits per heavy atom. The highest BCUT2D eigenvalue weighted by molar-refractivity contribution is 9.10. The maximum absolute atomic E-state index is 6.12. The Hall–Kier alpha value is -0.0800. The number of fused-ring (bicyclic) bond motifs is 1. The molecule has 1 aromatic rings. The van der Waals surface area contributed by atoms with Crippen molar-refractivity contribution in [2.45, 2.75) is 39.5 Å². The summed E-state index contributed by atoms with van der Waals surface area (Å²) in [5.41, 5.74) is 4.05. The summed E-state index contributed by atoms with van der Waals surface area (Å²) in [4.78, 5) is 4.44. The Morgan fingerprint density at radius 3 is 2.80 bits per heavy atom. The van der Waals surface area contributed by atoms with E-state index < -0.39 is 0 Å². The van der Waals surface area contributed by atoms with Crippen molar-refractivity contribution in [2.24, 2.45) is 5.92 Å². The molecule has 0 atom stereocenters. The summed E-state index contributed by atoms with van der Waals surface area (Å²) < 4.78 is 1.01. The van der Waals surface area contributed by atoms with Gasteiger partial charge in [-0.25, -0.2) is 4.98 Å². The summed E-state index contributed by atoms with van der Waals surface area (Å²) >= 11 is 9.69. The lowest BCUT2D eigenvalue weighted by molar-refractivity contribution is 0.640. The van der Waals surface area contributed by atoms with Gasteiger partial charge in [-0.3, -0.25) is 0 Å². The van der Waals surface area contributed by atoms with Crippen LogP contribution in [0.25, 0.3) is 0 Å². The molecule has 0 aliphatic heterocycles. The smallest absolute Gasteiger partial charge is 0.143 e. The molecule has 0 amide bonds. The molecule has 0 spiro atoms. The quantitative estimate of drug-likeness (QED) is 0.744. The number of rotatable bonds is 2. The van der Waals surface area contributed by atoms with E-state index in [2.05, 4.69) is 34.8 Å². The molecule has 0 saturated heterocycles. The number of hydrogen-bond acceptors (Lipinski definition) is 1. The molecule has 0 bridgehead atoms. The number of aryl methyl sites for hydroxylation is 1. The van der Waals surface area contributed by atoms with Gasteiger partial charge in [0, 0.05) is 5.69 Å². The molecule has 15 heavy (non-hydrogen) atoms. The van der Waals surface area contributed by atoms with Gasteiger partial charge in [-0.2, -0.15) is 0 Å². The molecule has 3 heteroatoms. The molecule has 1 aliphatic rings. The van der Waals surface area contributed by atoms with Gasteiger partial charge in [0.05, 0.1) is 4.47 Å². The minimum atomic E-state index is 0.631. The molecule has 0 aromatic carbocycles.